The first kappa shape index (κ1) is 82.7. The SMILES string of the molecule is C/C1=C/C=C\[C@]2(C)C=C(CO[C@@H]3O[C@@H](CO)[C@H](O)[C@H](O)[C@@H]3O)[C@@H](C)C[C@]23O[C@H](O)[C@H](C3=O)[C@@H](O)/C=C\[C@]2(C)C=C(C=O)[C@@H](C)C[C@@]23O[C@H](O)[C@@H](C3=O)[C@@H](O)/C(C)=C\C=C/[C@H]2C=C(CO[C@H]3O[C@H](CO)[C@H](O)[C@H](O)[C@@H]3O)[C@H](C)C[C@@]23O[C@@H](O)[C@H](C3=O)[C@@H](O)/C=C\[C@@]2(C)C=C(CO)[C@@H](C)C[C@]23O[C@@H](O)[C@@H](C3=O)[C@H]1O. The number of carbonyl (C=O) groups is 5. The molecule has 30 nitrogen and oxygen atoms in total. The highest BCUT2D eigenvalue weighted by molar-refractivity contribution is 5.97. The molecule has 6 heterocycles. The fourth-order valence-electron chi connectivity index (χ4n) is 18.3. The van der Waals surface area contributed by atoms with E-state index in [4.69, 9.17) is 37.9 Å². The topological polar surface area (TPSA) is 503 Å². The van der Waals surface area contributed by atoms with Crippen molar-refractivity contribution in [1.29, 1.82) is 0 Å². The third-order valence-electron chi connectivity index (χ3n) is 25.1. The Bertz CT molecular complexity index is 3720. The van der Waals surface area contributed by atoms with Gasteiger partial charge in [0.15, 0.2) is 60.9 Å². The Morgan fingerprint density at radius 3 is 1.35 bits per heavy atom. The second-order valence-electron chi connectivity index (χ2n) is 32.0. The number of ether oxygens (including phenoxy) is 8. The van der Waals surface area contributed by atoms with Crippen molar-refractivity contribution in [3.8, 4) is 0 Å². The number of hydrogen-bond donors (Lipinski definition) is 17. The lowest BCUT2D eigenvalue weighted by Gasteiger charge is -2.47. The Labute approximate surface area is 618 Å². The van der Waals surface area contributed by atoms with E-state index in [-0.39, 0.29) is 55.6 Å². The maximum Gasteiger partial charge on any atom is 0.187 e. The first-order valence-corrected chi connectivity index (χ1v) is 36.4. The molecule has 0 aromatic rings. The molecule has 0 unspecified atom stereocenters. The Hall–Kier alpha value is -5.25. The number of aliphatic hydroxyl groups is 17. The number of ketones is 4. The predicted octanol–water partition coefficient (Wildman–Crippen LogP) is -2.02. The van der Waals surface area contributed by atoms with Crippen LogP contribution in [-0.2, 0) is 61.9 Å². The minimum Gasteiger partial charge on any atom is -0.394 e. The average Bonchev–Trinajstić information content (AvgIpc) is 1.59. The van der Waals surface area contributed by atoms with Gasteiger partial charge in [-0.05, 0) is 117 Å². The number of hydrogen-bond acceptors (Lipinski definition) is 30. The molecule has 4 spiro atoms. The Morgan fingerprint density at radius 2 is 0.860 bits per heavy atom. The summed E-state index contributed by atoms with van der Waals surface area (Å²) in [5.41, 5.74) is -11.8. The van der Waals surface area contributed by atoms with Gasteiger partial charge in [0, 0.05) is 22.2 Å². The van der Waals surface area contributed by atoms with Gasteiger partial charge in [0.2, 0.25) is 0 Å². The minimum absolute atomic E-state index is 0.0484. The minimum atomic E-state index is -2.10. The van der Waals surface area contributed by atoms with E-state index in [2.05, 4.69) is 0 Å². The Balaban J connectivity index is 1.01. The predicted molar refractivity (Wildman–Crippen MR) is 369 cm³/mol. The highest BCUT2D eigenvalue weighted by atomic mass is 16.7. The fourth-order valence-corrected chi connectivity index (χ4v) is 18.3. The zero-order chi connectivity index (χ0) is 78.5. The van der Waals surface area contributed by atoms with E-state index < -0.39 is 246 Å². The van der Waals surface area contributed by atoms with Crippen LogP contribution < -0.4 is 0 Å². The number of Topliss-reactive ketones (excluding diaryl/α,β-unsaturated/α-hetero) is 4. The summed E-state index contributed by atoms with van der Waals surface area (Å²) in [7, 11) is 0. The van der Waals surface area contributed by atoms with Gasteiger partial charge in [-0.25, -0.2) is 0 Å². The molecule has 34 atom stereocenters. The van der Waals surface area contributed by atoms with Crippen LogP contribution in [0.5, 0.6) is 0 Å². The van der Waals surface area contributed by atoms with E-state index >= 15 is 19.2 Å². The number of rotatable bonds is 10. The van der Waals surface area contributed by atoms with Gasteiger partial charge in [-0.1, -0.05) is 113 Å². The molecule has 6 aliphatic heterocycles. The van der Waals surface area contributed by atoms with E-state index in [9.17, 15) is 91.6 Å². The normalized spacial score (nSPS) is 51.4. The Kier molecular flexibility index (Phi) is 24.0. The molecule has 30 heteroatoms. The summed E-state index contributed by atoms with van der Waals surface area (Å²) in [4.78, 5) is 74.8. The molecule has 8 bridgehead atoms. The van der Waals surface area contributed by atoms with Crippen LogP contribution in [-0.4, -0.2) is 283 Å². The summed E-state index contributed by atoms with van der Waals surface area (Å²) in [5.74, 6) is -14.1. The van der Waals surface area contributed by atoms with Crippen LogP contribution in [0.2, 0.25) is 0 Å². The monoisotopic (exact) mass is 1510 g/mol. The molecule has 5 aliphatic carbocycles. The standard InChI is InChI=1S/C77H104O30/c1-34-12-10-14-44-20-40(32-100-69-59(90)57(88)55(86)47(30-80)102-69)36(3)21-74(44)61(92)49(65(96)104-74)45(82)15-18-72(8)25-41(28-78)38(5)23-77(72)64(95)52(68(99)107-77)54(85)35(2)13-11-17-71(7)27-43(33-101-70-60(91)58(89)56(87)48(31-81)103-70)39(6)24-75(71)62(93)50(66(97)105-75)46(83)16-19-73(9)26-42(29-79)37(4)22-76(73)63(94)51(53(34)84)67(98)106-76/h10-20,25-27,29,36-39,44-60,65-70,78,80-91,96-99H,21-24,28,30-33H2,1-9H3/b14-10-,17-11-,18-15-,19-16-,34-12-,35-13-/t36-,37+,38+,39+,44+,45+,46+,47-,48+,49+,50+,51-,52-,53+,54+,55+,56+,57+,58+,59+,60+,65-,66+,67+,68-,69+,70-,71-,72+,73-,74-,75-,76+,77-/m1/s1. The molecular weight excluding hydrogens is 1400 g/mol. The summed E-state index contributed by atoms with van der Waals surface area (Å²) >= 11 is 0. The average molecular weight is 1510 g/mol. The van der Waals surface area contributed by atoms with E-state index in [1.807, 2.05) is 0 Å². The van der Waals surface area contributed by atoms with Crippen LogP contribution in [0.25, 0.3) is 0 Å². The fraction of sp³-hybridized carbons (Fsp3) is 0.675. The summed E-state index contributed by atoms with van der Waals surface area (Å²) in [6, 6.07) is 0. The third-order valence-corrected chi connectivity index (χ3v) is 25.1. The molecule has 0 radical (unpaired) electrons. The zero-order valence-electron chi connectivity index (χ0n) is 61.0. The van der Waals surface area contributed by atoms with Crippen molar-refractivity contribution < 1.29 is 149 Å². The maximum atomic E-state index is 15.6. The number of carbonyl (C=O) groups excluding carboxylic acids is 5. The van der Waals surface area contributed by atoms with Gasteiger partial charge >= 0.3 is 0 Å². The molecule has 6 saturated heterocycles. The summed E-state index contributed by atoms with van der Waals surface area (Å²) < 4.78 is 48.7. The highest BCUT2D eigenvalue weighted by Gasteiger charge is 2.69. The van der Waals surface area contributed by atoms with E-state index in [1.54, 1.807) is 46.8 Å². The molecule has 6 fully saturated rings. The maximum absolute atomic E-state index is 15.6. The molecule has 0 saturated carbocycles. The number of fused-ring (bicyclic) bond motifs is 4. The van der Waals surface area contributed by atoms with E-state index in [0.717, 1.165) is 12.2 Å². The summed E-state index contributed by atoms with van der Waals surface area (Å²) in [5, 5.41) is 192. The summed E-state index contributed by atoms with van der Waals surface area (Å²) in [6.07, 6.45) is -12.7. The molecule has 592 valence electrons. The summed E-state index contributed by atoms with van der Waals surface area (Å²) in [6.45, 7) is 11.5. The Morgan fingerprint density at radius 1 is 0.458 bits per heavy atom. The number of aliphatic hydroxyl groups excluding tert-OH is 17. The van der Waals surface area contributed by atoms with Gasteiger partial charge in [0.1, 0.15) is 101 Å². The first-order chi connectivity index (χ1) is 50.2. The van der Waals surface area contributed by atoms with Crippen molar-refractivity contribution in [3.05, 3.63) is 119 Å². The van der Waals surface area contributed by atoms with Crippen molar-refractivity contribution in [2.45, 2.75) is 221 Å². The van der Waals surface area contributed by atoms with Gasteiger partial charge < -0.3 is 125 Å². The van der Waals surface area contributed by atoms with E-state index in [0.29, 0.717) is 23.0 Å². The first-order valence-electron chi connectivity index (χ1n) is 36.4. The van der Waals surface area contributed by atoms with Gasteiger partial charge in [0.25, 0.3) is 0 Å². The van der Waals surface area contributed by atoms with Crippen LogP contribution in [0.4, 0.5) is 0 Å². The van der Waals surface area contributed by atoms with Gasteiger partial charge in [-0.15, -0.1) is 0 Å². The van der Waals surface area contributed by atoms with Crippen LogP contribution in [0.3, 0.4) is 0 Å². The second-order valence-corrected chi connectivity index (χ2v) is 32.0. The number of allylic oxidation sites excluding steroid dienone is 5. The lowest BCUT2D eigenvalue weighted by atomic mass is 9.59. The smallest absolute Gasteiger partial charge is 0.187 e. The quantitative estimate of drug-likeness (QED) is 0.0829. The van der Waals surface area contributed by atoms with Gasteiger partial charge in [-0.2, -0.15) is 0 Å². The third kappa shape index (κ3) is 13.9. The molecule has 17 N–H and O–H groups in total. The molecule has 0 aromatic carbocycles. The second kappa shape index (κ2) is 31.0. The zero-order valence-corrected chi connectivity index (χ0v) is 61.0. The number of aldehydes is 1. The lowest BCUT2D eigenvalue weighted by Crippen LogP contribution is -2.59. The molecule has 0 amide bonds. The van der Waals surface area contributed by atoms with Crippen molar-refractivity contribution in [3.63, 3.8) is 0 Å². The highest BCUT2D eigenvalue weighted by Crippen LogP contribution is 2.59. The lowest BCUT2D eigenvalue weighted by molar-refractivity contribution is -0.299. The molecule has 11 rings (SSSR count). The largest absolute Gasteiger partial charge is 0.394 e. The van der Waals surface area contributed by atoms with E-state index in [1.165, 1.54) is 88.5 Å². The van der Waals surface area contributed by atoms with Crippen LogP contribution in [0.1, 0.15) is 88.0 Å². The van der Waals surface area contributed by atoms with Crippen molar-refractivity contribution >= 4 is 29.4 Å². The van der Waals surface area contributed by atoms with Crippen LogP contribution in [0, 0.1) is 69.5 Å². The van der Waals surface area contributed by atoms with Gasteiger partial charge in [-0.3, -0.25) is 24.0 Å². The molecule has 11 aliphatic rings. The molecular formula is C77H104O30. The molecule has 0 aromatic heterocycles. The van der Waals surface area contributed by atoms with Crippen LogP contribution >= 0.6 is 0 Å². The molecule has 107 heavy (non-hydrogen) atoms. The van der Waals surface area contributed by atoms with Gasteiger partial charge in [0.05, 0.1) is 57.5 Å². The van der Waals surface area contributed by atoms with Crippen molar-refractivity contribution in [1.82, 2.24) is 0 Å². The van der Waals surface area contributed by atoms with Crippen LogP contribution in [0.15, 0.2) is 119 Å². The van der Waals surface area contributed by atoms with Crippen molar-refractivity contribution in [2.75, 3.05) is 33.0 Å². The van der Waals surface area contributed by atoms with Crippen molar-refractivity contribution in [2.24, 2.45) is 69.5 Å².